The molecule has 0 heterocycles. The molecule has 0 fully saturated rings. The smallest absolute Gasteiger partial charge is 0.233 e. The van der Waals surface area contributed by atoms with Crippen LogP contribution in [0.1, 0.15) is 31.7 Å². The predicted octanol–water partition coefficient (Wildman–Crippen LogP) is 2.09. The molecule has 19 heavy (non-hydrogen) atoms. The maximum atomic E-state index is 11.5. The number of rotatable bonds is 9. The standard InChI is InChI=1S/C15H24N2O2/c1-3-4-7-10-17-15(18)12-16-11-13-8-5-6-9-14(13)19-2/h5-6,8-9,16H,3-4,7,10-12H2,1-2H3,(H,17,18). The van der Waals surface area contributed by atoms with Crippen molar-refractivity contribution in [3.05, 3.63) is 29.8 Å². The summed E-state index contributed by atoms with van der Waals surface area (Å²) in [5.74, 6) is 0.893. The first kappa shape index (κ1) is 15.5. The summed E-state index contributed by atoms with van der Waals surface area (Å²) in [5, 5.41) is 6.02. The molecular formula is C15H24N2O2. The molecule has 0 radical (unpaired) electrons. The number of carbonyl (C=O) groups excluding carboxylic acids is 1. The van der Waals surface area contributed by atoms with Crippen molar-refractivity contribution in [3.8, 4) is 5.75 Å². The molecule has 0 saturated heterocycles. The van der Waals surface area contributed by atoms with Crippen molar-refractivity contribution in [2.75, 3.05) is 20.2 Å². The molecule has 0 aliphatic heterocycles. The van der Waals surface area contributed by atoms with Crippen LogP contribution in [-0.4, -0.2) is 26.1 Å². The monoisotopic (exact) mass is 264 g/mol. The molecule has 4 nitrogen and oxygen atoms in total. The van der Waals surface area contributed by atoms with Gasteiger partial charge in [-0.3, -0.25) is 4.79 Å². The lowest BCUT2D eigenvalue weighted by atomic mass is 10.2. The van der Waals surface area contributed by atoms with E-state index in [1.807, 2.05) is 24.3 Å². The lowest BCUT2D eigenvalue weighted by molar-refractivity contribution is -0.120. The Morgan fingerprint density at radius 1 is 1.26 bits per heavy atom. The molecule has 1 aromatic carbocycles. The van der Waals surface area contributed by atoms with Gasteiger partial charge in [-0.1, -0.05) is 38.0 Å². The molecular weight excluding hydrogens is 240 g/mol. The minimum atomic E-state index is 0.0472. The molecule has 2 N–H and O–H groups in total. The SMILES string of the molecule is CCCCCNC(=O)CNCc1ccccc1OC. The van der Waals surface area contributed by atoms with Gasteiger partial charge >= 0.3 is 0 Å². The summed E-state index contributed by atoms with van der Waals surface area (Å²) in [7, 11) is 1.65. The predicted molar refractivity (Wildman–Crippen MR) is 77.2 cm³/mol. The van der Waals surface area contributed by atoms with Gasteiger partial charge in [-0.05, 0) is 12.5 Å². The van der Waals surface area contributed by atoms with Gasteiger partial charge in [0.15, 0.2) is 0 Å². The van der Waals surface area contributed by atoms with Gasteiger partial charge < -0.3 is 15.4 Å². The van der Waals surface area contributed by atoms with Gasteiger partial charge in [-0.25, -0.2) is 0 Å². The van der Waals surface area contributed by atoms with Gasteiger partial charge in [0.05, 0.1) is 13.7 Å². The third-order valence-electron chi connectivity index (χ3n) is 2.90. The number of amides is 1. The Labute approximate surface area is 115 Å². The fraction of sp³-hybridized carbons (Fsp3) is 0.533. The highest BCUT2D eigenvalue weighted by Crippen LogP contribution is 2.16. The van der Waals surface area contributed by atoms with Crippen LogP contribution in [0, 0.1) is 0 Å². The summed E-state index contributed by atoms with van der Waals surface area (Å²) >= 11 is 0. The Bertz CT molecular complexity index is 380. The van der Waals surface area contributed by atoms with E-state index < -0.39 is 0 Å². The van der Waals surface area contributed by atoms with Crippen molar-refractivity contribution in [3.63, 3.8) is 0 Å². The van der Waals surface area contributed by atoms with Gasteiger partial charge in [0, 0.05) is 18.7 Å². The van der Waals surface area contributed by atoms with E-state index in [2.05, 4.69) is 17.6 Å². The fourth-order valence-electron chi connectivity index (χ4n) is 1.83. The van der Waals surface area contributed by atoms with Crippen LogP contribution in [0.2, 0.25) is 0 Å². The van der Waals surface area contributed by atoms with Crippen LogP contribution in [0.4, 0.5) is 0 Å². The van der Waals surface area contributed by atoms with E-state index in [0.717, 1.165) is 30.7 Å². The van der Waals surface area contributed by atoms with E-state index in [0.29, 0.717) is 13.1 Å². The summed E-state index contributed by atoms with van der Waals surface area (Å²) in [6.45, 7) is 3.89. The topological polar surface area (TPSA) is 50.4 Å². The zero-order valence-corrected chi connectivity index (χ0v) is 11.9. The molecule has 1 amide bonds. The lowest BCUT2D eigenvalue weighted by Crippen LogP contribution is -2.34. The minimum absolute atomic E-state index is 0.0472. The van der Waals surface area contributed by atoms with E-state index >= 15 is 0 Å². The number of hydrogen-bond donors (Lipinski definition) is 2. The van der Waals surface area contributed by atoms with Crippen LogP contribution >= 0.6 is 0 Å². The highest BCUT2D eigenvalue weighted by atomic mass is 16.5. The molecule has 1 rings (SSSR count). The summed E-state index contributed by atoms with van der Waals surface area (Å²) in [6, 6.07) is 7.81. The molecule has 106 valence electrons. The van der Waals surface area contributed by atoms with Gasteiger partial charge in [-0.15, -0.1) is 0 Å². The summed E-state index contributed by atoms with van der Waals surface area (Å²) in [6.07, 6.45) is 3.38. The Morgan fingerprint density at radius 3 is 2.79 bits per heavy atom. The number of benzene rings is 1. The van der Waals surface area contributed by atoms with Crippen LogP contribution < -0.4 is 15.4 Å². The normalized spacial score (nSPS) is 10.2. The highest BCUT2D eigenvalue weighted by molar-refractivity contribution is 5.77. The van der Waals surface area contributed by atoms with Crippen molar-refractivity contribution in [1.29, 1.82) is 0 Å². The zero-order valence-electron chi connectivity index (χ0n) is 11.9. The number of ether oxygens (including phenoxy) is 1. The second-order valence-corrected chi connectivity index (χ2v) is 4.47. The molecule has 0 aliphatic rings. The first-order chi connectivity index (χ1) is 9.27. The van der Waals surface area contributed by atoms with Crippen LogP contribution in [0.15, 0.2) is 24.3 Å². The third kappa shape index (κ3) is 6.25. The molecule has 0 saturated carbocycles. The van der Waals surface area contributed by atoms with E-state index in [4.69, 9.17) is 4.74 Å². The summed E-state index contributed by atoms with van der Waals surface area (Å²) in [4.78, 5) is 11.5. The summed E-state index contributed by atoms with van der Waals surface area (Å²) < 4.78 is 5.25. The molecule has 4 heteroatoms. The van der Waals surface area contributed by atoms with Gasteiger partial charge in [-0.2, -0.15) is 0 Å². The highest BCUT2D eigenvalue weighted by Gasteiger charge is 2.03. The molecule has 0 atom stereocenters. The molecule has 0 aliphatic carbocycles. The first-order valence-corrected chi connectivity index (χ1v) is 6.87. The van der Waals surface area contributed by atoms with E-state index in [-0.39, 0.29) is 5.91 Å². The average Bonchev–Trinajstić information content (AvgIpc) is 2.44. The van der Waals surface area contributed by atoms with E-state index in [1.54, 1.807) is 7.11 Å². The Balaban J connectivity index is 2.20. The molecule has 0 spiro atoms. The van der Waals surface area contributed by atoms with Crippen LogP contribution in [0.3, 0.4) is 0 Å². The number of hydrogen-bond acceptors (Lipinski definition) is 3. The maximum absolute atomic E-state index is 11.5. The number of unbranched alkanes of at least 4 members (excludes halogenated alkanes) is 2. The van der Waals surface area contributed by atoms with Gasteiger partial charge in [0.1, 0.15) is 5.75 Å². The quantitative estimate of drug-likeness (QED) is 0.672. The Kier molecular flexibility index (Phi) is 7.66. The van der Waals surface area contributed by atoms with Crippen LogP contribution in [-0.2, 0) is 11.3 Å². The zero-order chi connectivity index (χ0) is 13.9. The van der Waals surface area contributed by atoms with E-state index in [1.165, 1.54) is 6.42 Å². The number of carbonyl (C=O) groups is 1. The Morgan fingerprint density at radius 2 is 2.05 bits per heavy atom. The first-order valence-electron chi connectivity index (χ1n) is 6.87. The van der Waals surface area contributed by atoms with Crippen molar-refractivity contribution < 1.29 is 9.53 Å². The third-order valence-corrected chi connectivity index (χ3v) is 2.90. The van der Waals surface area contributed by atoms with Crippen molar-refractivity contribution in [2.24, 2.45) is 0 Å². The Hall–Kier alpha value is -1.55. The molecule has 0 unspecified atom stereocenters. The molecule has 0 aromatic heterocycles. The average molecular weight is 264 g/mol. The van der Waals surface area contributed by atoms with Crippen LogP contribution in [0.5, 0.6) is 5.75 Å². The summed E-state index contributed by atoms with van der Waals surface area (Å²) in [5.41, 5.74) is 1.06. The second-order valence-electron chi connectivity index (χ2n) is 4.47. The number of nitrogens with one attached hydrogen (secondary N) is 2. The largest absolute Gasteiger partial charge is 0.496 e. The fourth-order valence-corrected chi connectivity index (χ4v) is 1.83. The van der Waals surface area contributed by atoms with Crippen molar-refractivity contribution in [2.45, 2.75) is 32.7 Å². The van der Waals surface area contributed by atoms with Gasteiger partial charge in [0.25, 0.3) is 0 Å². The van der Waals surface area contributed by atoms with Crippen molar-refractivity contribution in [1.82, 2.24) is 10.6 Å². The van der Waals surface area contributed by atoms with E-state index in [9.17, 15) is 4.79 Å². The van der Waals surface area contributed by atoms with Crippen molar-refractivity contribution >= 4 is 5.91 Å². The maximum Gasteiger partial charge on any atom is 0.233 e. The number of para-hydroxylation sites is 1. The van der Waals surface area contributed by atoms with Crippen LogP contribution in [0.25, 0.3) is 0 Å². The lowest BCUT2D eigenvalue weighted by Gasteiger charge is -2.09. The minimum Gasteiger partial charge on any atom is -0.496 e. The second kappa shape index (κ2) is 9.39. The van der Waals surface area contributed by atoms with Gasteiger partial charge in [0.2, 0.25) is 5.91 Å². The molecule has 0 bridgehead atoms. The number of methoxy groups -OCH3 is 1. The molecule has 1 aromatic rings.